The lowest BCUT2D eigenvalue weighted by molar-refractivity contribution is -0.119. The summed E-state index contributed by atoms with van der Waals surface area (Å²) in [4.78, 5) is 24.0. The maximum absolute atomic E-state index is 12.3. The molecule has 0 aliphatic heterocycles. The smallest absolute Gasteiger partial charge is 0.407 e. The lowest BCUT2D eigenvalue weighted by Gasteiger charge is -2.18. The molecular weight excluding hydrogens is 659 g/mol. The molecule has 0 heterocycles. The van der Waals surface area contributed by atoms with E-state index < -0.39 is 6.09 Å². The Kier molecular flexibility index (Phi) is 44.3. The highest BCUT2D eigenvalue weighted by molar-refractivity contribution is 5.78. The summed E-state index contributed by atoms with van der Waals surface area (Å²) in [6.45, 7) is 9.30. The quantitative estimate of drug-likeness (QED) is 0.0627. The first-order chi connectivity index (χ1) is 26.1. The molecule has 316 valence electrons. The van der Waals surface area contributed by atoms with E-state index >= 15 is 0 Å². The number of hydrogen-bond donors (Lipinski definition) is 1. The van der Waals surface area contributed by atoms with E-state index in [-0.39, 0.29) is 12.7 Å². The third-order valence-electron chi connectivity index (χ3n) is 10.6. The van der Waals surface area contributed by atoms with E-state index in [2.05, 4.69) is 19.2 Å². The topological polar surface area (TPSA) is 73.9 Å². The molecule has 0 spiro atoms. The van der Waals surface area contributed by atoms with Gasteiger partial charge >= 0.3 is 6.09 Å². The summed E-state index contributed by atoms with van der Waals surface area (Å²) in [6, 6.07) is 0. The highest BCUT2D eigenvalue weighted by Gasteiger charge is 2.13. The molecule has 0 saturated heterocycles. The van der Waals surface area contributed by atoms with Gasteiger partial charge < -0.3 is 19.5 Å². The van der Waals surface area contributed by atoms with Gasteiger partial charge in [-0.3, -0.25) is 4.79 Å². The highest BCUT2D eigenvalue weighted by atomic mass is 16.6. The van der Waals surface area contributed by atoms with Gasteiger partial charge in [0.05, 0.1) is 6.61 Å². The monoisotopic (exact) mass is 752 g/mol. The Balaban J connectivity index is 4.05. The molecule has 0 aliphatic carbocycles. The van der Waals surface area contributed by atoms with Crippen LogP contribution >= 0.6 is 0 Å². The van der Waals surface area contributed by atoms with Gasteiger partial charge in [-0.15, -0.1) is 0 Å². The van der Waals surface area contributed by atoms with Crippen molar-refractivity contribution in [1.29, 1.82) is 0 Å². The summed E-state index contributed by atoms with van der Waals surface area (Å²) in [5, 5.41) is 2.86. The van der Waals surface area contributed by atoms with Crippen LogP contribution in [-0.4, -0.2) is 51.0 Å². The van der Waals surface area contributed by atoms with Crippen molar-refractivity contribution in [3.63, 3.8) is 0 Å². The standard InChI is InChI=1S/C47H93NO5/c1-4-7-9-11-13-15-17-19-21-22-23-25-27-29-31-36-41-51-43-46(44-53-47(50)48-40-35-33-34-39-45(49)38-6-3)52-42-37-32-30-28-26-24-20-18-16-14-12-10-8-5-2/h46H,4-44H2,1-3H3,(H,48,50)/t46-/m1/s1. The van der Waals surface area contributed by atoms with Gasteiger partial charge in [0.15, 0.2) is 0 Å². The lowest BCUT2D eigenvalue weighted by atomic mass is 10.0. The second-order valence-electron chi connectivity index (χ2n) is 16.1. The molecule has 0 bridgehead atoms. The number of carbonyl (C=O) groups excluding carboxylic acids is 2. The second-order valence-corrected chi connectivity index (χ2v) is 16.1. The Bertz CT molecular complexity index is 732. The second kappa shape index (κ2) is 45.3. The van der Waals surface area contributed by atoms with E-state index in [1.165, 1.54) is 180 Å². The van der Waals surface area contributed by atoms with Crippen LogP contribution in [0.25, 0.3) is 0 Å². The maximum atomic E-state index is 12.3. The zero-order valence-electron chi connectivity index (χ0n) is 36.1. The predicted octanol–water partition coefficient (Wildman–Crippen LogP) is 14.8. The minimum absolute atomic E-state index is 0.217. The Labute approximate surface area is 331 Å². The summed E-state index contributed by atoms with van der Waals surface area (Å²) in [5.74, 6) is 0.344. The van der Waals surface area contributed by atoms with Gasteiger partial charge in [0.1, 0.15) is 18.5 Å². The third kappa shape index (κ3) is 43.5. The van der Waals surface area contributed by atoms with Crippen molar-refractivity contribution in [1.82, 2.24) is 5.32 Å². The number of nitrogens with one attached hydrogen (secondary N) is 1. The van der Waals surface area contributed by atoms with Crippen molar-refractivity contribution >= 4 is 11.9 Å². The van der Waals surface area contributed by atoms with E-state index in [0.717, 1.165) is 45.1 Å². The zero-order chi connectivity index (χ0) is 38.6. The van der Waals surface area contributed by atoms with Gasteiger partial charge in [0.25, 0.3) is 0 Å². The lowest BCUT2D eigenvalue weighted by Crippen LogP contribution is -2.32. The molecule has 0 aromatic heterocycles. The first-order valence-electron chi connectivity index (χ1n) is 23.8. The largest absolute Gasteiger partial charge is 0.447 e. The van der Waals surface area contributed by atoms with E-state index in [1.54, 1.807) is 0 Å². The Morgan fingerprint density at radius 1 is 0.415 bits per heavy atom. The fourth-order valence-electron chi connectivity index (χ4n) is 7.10. The van der Waals surface area contributed by atoms with E-state index in [4.69, 9.17) is 14.2 Å². The highest BCUT2D eigenvalue weighted by Crippen LogP contribution is 2.15. The first-order valence-corrected chi connectivity index (χ1v) is 23.8. The molecule has 0 aromatic carbocycles. The molecule has 6 nitrogen and oxygen atoms in total. The molecule has 1 amide bonds. The number of hydrogen-bond acceptors (Lipinski definition) is 5. The number of carbonyl (C=O) groups is 2. The Hall–Kier alpha value is -1.14. The molecule has 1 atom stereocenters. The van der Waals surface area contributed by atoms with Gasteiger partial charge in [0, 0.05) is 32.6 Å². The van der Waals surface area contributed by atoms with Crippen LogP contribution in [0, 0.1) is 0 Å². The summed E-state index contributed by atoms with van der Waals surface area (Å²) in [7, 11) is 0. The average Bonchev–Trinajstić information content (AvgIpc) is 3.16. The van der Waals surface area contributed by atoms with Gasteiger partial charge in [0.2, 0.25) is 0 Å². The zero-order valence-corrected chi connectivity index (χ0v) is 36.1. The molecule has 0 radical (unpaired) electrons. The number of unbranched alkanes of at least 4 members (excludes halogenated alkanes) is 30. The maximum Gasteiger partial charge on any atom is 0.407 e. The van der Waals surface area contributed by atoms with Crippen molar-refractivity contribution in [3.8, 4) is 0 Å². The SMILES string of the molecule is CCCCCCCCCCCCCCCCCCOC[C@H](COC(=O)NCCCCCC(=O)CCC)OCCCCCCCCCCCCCCCC. The third-order valence-corrected chi connectivity index (χ3v) is 10.6. The minimum Gasteiger partial charge on any atom is -0.447 e. The summed E-state index contributed by atoms with van der Waals surface area (Å²) in [6.07, 6.45) is 44.9. The summed E-state index contributed by atoms with van der Waals surface area (Å²) >= 11 is 0. The molecule has 0 aliphatic rings. The van der Waals surface area contributed by atoms with Gasteiger partial charge in [-0.25, -0.2) is 4.79 Å². The molecule has 1 N–H and O–H groups in total. The van der Waals surface area contributed by atoms with Crippen LogP contribution in [0.5, 0.6) is 0 Å². The van der Waals surface area contributed by atoms with Crippen LogP contribution in [0.2, 0.25) is 0 Å². The number of Topliss-reactive ketones (excluding diaryl/α,β-unsaturated/α-hetero) is 1. The molecule has 0 fully saturated rings. The summed E-state index contributed by atoms with van der Waals surface area (Å²) < 4.78 is 17.7. The fraction of sp³-hybridized carbons (Fsp3) is 0.957. The van der Waals surface area contributed by atoms with Crippen LogP contribution in [0.15, 0.2) is 0 Å². The normalized spacial score (nSPS) is 12.0. The van der Waals surface area contributed by atoms with E-state index in [0.29, 0.717) is 38.4 Å². The molecular formula is C47H93NO5. The van der Waals surface area contributed by atoms with Gasteiger partial charge in [-0.2, -0.15) is 0 Å². The number of amides is 1. The number of ether oxygens (including phenoxy) is 3. The van der Waals surface area contributed by atoms with Crippen molar-refractivity contribution in [2.45, 2.75) is 258 Å². The van der Waals surface area contributed by atoms with Gasteiger partial charge in [-0.1, -0.05) is 207 Å². The van der Waals surface area contributed by atoms with Crippen LogP contribution < -0.4 is 5.32 Å². The van der Waals surface area contributed by atoms with Crippen LogP contribution in [0.1, 0.15) is 252 Å². The Morgan fingerprint density at radius 3 is 1.25 bits per heavy atom. The molecule has 0 aromatic rings. The van der Waals surface area contributed by atoms with Crippen LogP contribution in [0.3, 0.4) is 0 Å². The fourth-order valence-corrected chi connectivity index (χ4v) is 7.10. The average molecular weight is 752 g/mol. The molecule has 53 heavy (non-hydrogen) atoms. The van der Waals surface area contributed by atoms with Crippen molar-refractivity contribution in [2.75, 3.05) is 33.0 Å². The molecule has 0 unspecified atom stereocenters. The minimum atomic E-state index is -0.394. The molecule has 0 saturated carbocycles. The van der Waals surface area contributed by atoms with E-state index in [9.17, 15) is 9.59 Å². The predicted molar refractivity (Wildman–Crippen MR) is 228 cm³/mol. The number of ketones is 1. The van der Waals surface area contributed by atoms with E-state index in [1.807, 2.05) is 6.92 Å². The number of rotatable bonds is 45. The van der Waals surface area contributed by atoms with Crippen LogP contribution in [0.4, 0.5) is 4.79 Å². The van der Waals surface area contributed by atoms with Gasteiger partial charge in [-0.05, 0) is 32.1 Å². The molecule has 6 heteroatoms. The van der Waals surface area contributed by atoms with Crippen molar-refractivity contribution < 1.29 is 23.8 Å². The Morgan fingerprint density at radius 2 is 0.811 bits per heavy atom. The molecule has 0 rings (SSSR count). The number of alkyl carbamates (subject to hydrolysis) is 1. The summed E-state index contributed by atoms with van der Waals surface area (Å²) in [5.41, 5.74) is 0. The van der Waals surface area contributed by atoms with Crippen molar-refractivity contribution in [2.24, 2.45) is 0 Å². The van der Waals surface area contributed by atoms with Crippen LogP contribution in [-0.2, 0) is 19.0 Å². The first kappa shape index (κ1) is 51.9. The van der Waals surface area contributed by atoms with Crippen molar-refractivity contribution in [3.05, 3.63) is 0 Å².